The number of hydrogen-bond acceptors (Lipinski definition) is 5. The fourth-order valence-electron chi connectivity index (χ4n) is 2.99. The van der Waals surface area contributed by atoms with Gasteiger partial charge in [0, 0.05) is 5.02 Å². The van der Waals surface area contributed by atoms with Crippen molar-refractivity contribution in [3.05, 3.63) is 76.8 Å². The Morgan fingerprint density at radius 3 is 2.40 bits per heavy atom. The highest BCUT2D eigenvalue weighted by Gasteiger charge is 2.09. The van der Waals surface area contributed by atoms with Crippen molar-refractivity contribution < 1.29 is 14.3 Å². The van der Waals surface area contributed by atoms with Crippen LogP contribution < -0.4 is 14.8 Å². The normalized spacial score (nSPS) is 10.8. The minimum absolute atomic E-state index is 0.117. The van der Waals surface area contributed by atoms with E-state index in [-0.39, 0.29) is 12.5 Å². The molecule has 0 aliphatic heterocycles. The first kappa shape index (κ1) is 20.2. The van der Waals surface area contributed by atoms with E-state index in [0.717, 1.165) is 27.1 Å². The van der Waals surface area contributed by atoms with Crippen molar-refractivity contribution >= 4 is 44.2 Å². The molecule has 0 fully saturated rings. The molecule has 7 heteroatoms. The van der Waals surface area contributed by atoms with Gasteiger partial charge in [-0.2, -0.15) is 0 Å². The number of halogens is 1. The molecule has 4 aromatic rings. The average Bonchev–Trinajstić information content (AvgIpc) is 3.08. The maximum atomic E-state index is 12.2. The summed E-state index contributed by atoms with van der Waals surface area (Å²) in [5.74, 6) is 1.78. The van der Waals surface area contributed by atoms with Gasteiger partial charge in [-0.3, -0.25) is 10.1 Å². The summed E-state index contributed by atoms with van der Waals surface area (Å²) in [6, 6.07) is 18.6. The van der Waals surface area contributed by atoms with Crippen LogP contribution in [0.2, 0.25) is 5.02 Å². The topological polar surface area (TPSA) is 60.5 Å². The summed E-state index contributed by atoms with van der Waals surface area (Å²) >= 11 is 7.35. The van der Waals surface area contributed by atoms with Gasteiger partial charge in [-0.1, -0.05) is 29.0 Å². The molecule has 152 valence electrons. The number of carbonyl (C=O) groups excluding carboxylic acids is 1. The number of benzene rings is 3. The molecular weight excluding hydrogens is 420 g/mol. The zero-order valence-electron chi connectivity index (χ0n) is 16.4. The number of rotatable bonds is 6. The molecule has 1 aromatic heterocycles. The number of ether oxygens (including phenoxy) is 2. The second kappa shape index (κ2) is 8.73. The first-order chi connectivity index (χ1) is 14.4. The van der Waals surface area contributed by atoms with Crippen LogP contribution in [0.25, 0.3) is 10.2 Å². The SMILES string of the molecule is Cc1cc(C)cc(Oc2ccc(OCC(=O)Nc3nc4ccc(Cl)cc4s3)cc2)c1. The van der Waals surface area contributed by atoms with Crippen LogP contribution in [0.4, 0.5) is 5.13 Å². The zero-order valence-corrected chi connectivity index (χ0v) is 18.0. The second-order valence-electron chi connectivity index (χ2n) is 6.86. The van der Waals surface area contributed by atoms with Crippen LogP contribution in [0.1, 0.15) is 11.1 Å². The second-order valence-corrected chi connectivity index (χ2v) is 8.33. The van der Waals surface area contributed by atoms with E-state index in [9.17, 15) is 4.79 Å². The largest absolute Gasteiger partial charge is 0.484 e. The van der Waals surface area contributed by atoms with E-state index in [1.165, 1.54) is 11.3 Å². The summed E-state index contributed by atoms with van der Waals surface area (Å²) in [6.45, 7) is 3.95. The highest BCUT2D eigenvalue weighted by atomic mass is 35.5. The Balaban J connectivity index is 1.32. The summed E-state index contributed by atoms with van der Waals surface area (Å²) in [7, 11) is 0. The average molecular weight is 439 g/mol. The standard InChI is InChI=1S/C23H19ClN2O3S/c1-14-9-15(2)11-19(10-14)29-18-6-4-17(5-7-18)28-13-22(27)26-23-25-20-8-3-16(24)12-21(20)30-23/h3-12H,13H2,1-2H3,(H,25,26,27). The van der Waals surface area contributed by atoms with Crippen LogP contribution in [-0.2, 0) is 4.79 Å². The molecule has 0 radical (unpaired) electrons. The number of fused-ring (bicyclic) bond motifs is 1. The molecule has 0 saturated carbocycles. The maximum Gasteiger partial charge on any atom is 0.264 e. The first-order valence-electron chi connectivity index (χ1n) is 9.29. The first-order valence-corrected chi connectivity index (χ1v) is 10.5. The molecule has 0 unspecified atom stereocenters. The van der Waals surface area contributed by atoms with Crippen molar-refractivity contribution in [2.45, 2.75) is 13.8 Å². The Kier molecular flexibility index (Phi) is 5.88. The zero-order chi connectivity index (χ0) is 21.1. The van der Waals surface area contributed by atoms with Gasteiger partial charge in [0.15, 0.2) is 11.7 Å². The molecule has 0 bridgehead atoms. The van der Waals surface area contributed by atoms with Crippen LogP contribution >= 0.6 is 22.9 Å². The lowest BCUT2D eigenvalue weighted by Gasteiger charge is -2.09. The summed E-state index contributed by atoms with van der Waals surface area (Å²) in [5.41, 5.74) is 3.08. The predicted octanol–water partition coefficient (Wildman–Crippen LogP) is 6.38. The summed E-state index contributed by atoms with van der Waals surface area (Å²) < 4.78 is 12.4. The number of nitrogens with one attached hydrogen (secondary N) is 1. The van der Waals surface area contributed by atoms with Crippen molar-refractivity contribution in [3.8, 4) is 17.2 Å². The number of hydrogen-bond donors (Lipinski definition) is 1. The third-order valence-electron chi connectivity index (χ3n) is 4.22. The Morgan fingerprint density at radius 2 is 1.67 bits per heavy atom. The Hall–Kier alpha value is -3.09. The molecule has 5 nitrogen and oxygen atoms in total. The minimum Gasteiger partial charge on any atom is -0.484 e. The molecule has 30 heavy (non-hydrogen) atoms. The van der Waals surface area contributed by atoms with Gasteiger partial charge in [0.05, 0.1) is 10.2 Å². The van der Waals surface area contributed by atoms with Gasteiger partial charge >= 0.3 is 0 Å². The van der Waals surface area contributed by atoms with E-state index in [4.69, 9.17) is 21.1 Å². The lowest BCUT2D eigenvalue weighted by Crippen LogP contribution is -2.19. The molecule has 4 rings (SSSR count). The molecule has 0 atom stereocenters. The number of nitrogens with zero attached hydrogens (tertiary/aromatic N) is 1. The Morgan fingerprint density at radius 1 is 0.967 bits per heavy atom. The smallest absolute Gasteiger partial charge is 0.264 e. The van der Waals surface area contributed by atoms with Gasteiger partial charge in [0.1, 0.15) is 17.2 Å². The summed E-state index contributed by atoms with van der Waals surface area (Å²) in [4.78, 5) is 16.5. The van der Waals surface area contributed by atoms with Gasteiger partial charge in [0.25, 0.3) is 5.91 Å². The maximum absolute atomic E-state index is 12.2. The molecule has 3 aromatic carbocycles. The lowest BCUT2D eigenvalue weighted by molar-refractivity contribution is -0.118. The fraction of sp³-hybridized carbons (Fsp3) is 0.130. The number of amides is 1. The number of aromatic nitrogens is 1. The van der Waals surface area contributed by atoms with E-state index in [2.05, 4.69) is 16.4 Å². The monoisotopic (exact) mass is 438 g/mol. The van der Waals surface area contributed by atoms with Crippen molar-refractivity contribution in [2.24, 2.45) is 0 Å². The van der Waals surface area contributed by atoms with Crippen molar-refractivity contribution in [1.29, 1.82) is 0 Å². The van der Waals surface area contributed by atoms with Crippen LogP contribution in [0.3, 0.4) is 0 Å². The molecule has 0 saturated heterocycles. The van der Waals surface area contributed by atoms with Gasteiger partial charge < -0.3 is 9.47 Å². The van der Waals surface area contributed by atoms with Gasteiger partial charge in [-0.05, 0) is 79.6 Å². The molecule has 1 amide bonds. The molecule has 0 aliphatic rings. The van der Waals surface area contributed by atoms with E-state index >= 15 is 0 Å². The van der Waals surface area contributed by atoms with Crippen molar-refractivity contribution in [3.63, 3.8) is 0 Å². The van der Waals surface area contributed by atoms with E-state index in [1.54, 1.807) is 18.2 Å². The Labute approximate surface area is 183 Å². The van der Waals surface area contributed by atoms with E-state index in [0.29, 0.717) is 21.7 Å². The highest BCUT2D eigenvalue weighted by Crippen LogP contribution is 2.28. The van der Waals surface area contributed by atoms with E-state index < -0.39 is 0 Å². The molecule has 0 spiro atoms. The lowest BCUT2D eigenvalue weighted by atomic mass is 10.1. The number of anilines is 1. The summed E-state index contributed by atoms with van der Waals surface area (Å²) in [5, 5.41) is 3.90. The number of thiazole rings is 1. The van der Waals surface area contributed by atoms with Crippen LogP contribution in [0.15, 0.2) is 60.7 Å². The van der Waals surface area contributed by atoms with Crippen LogP contribution in [-0.4, -0.2) is 17.5 Å². The third-order valence-corrected chi connectivity index (χ3v) is 5.39. The van der Waals surface area contributed by atoms with Crippen LogP contribution in [0.5, 0.6) is 17.2 Å². The summed E-state index contributed by atoms with van der Waals surface area (Å²) in [6.07, 6.45) is 0. The quantitative estimate of drug-likeness (QED) is 0.379. The predicted molar refractivity (Wildman–Crippen MR) is 121 cm³/mol. The molecular formula is C23H19ClN2O3S. The van der Waals surface area contributed by atoms with Crippen molar-refractivity contribution in [2.75, 3.05) is 11.9 Å². The fourth-order valence-corrected chi connectivity index (χ4v) is 4.15. The van der Waals surface area contributed by atoms with E-state index in [1.807, 2.05) is 50.2 Å². The van der Waals surface area contributed by atoms with Gasteiger partial charge in [-0.25, -0.2) is 4.98 Å². The number of aryl methyl sites for hydroxylation is 2. The molecule has 0 aliphatic carbocycles. The molecule has 1 N–H and O–H groups in total. The number of carbonyl (C=O) groups is 1. The minimum atomic E-state index is -0.282. The van der Waals surface area contributed by atoms with Gasteiger partial charge in [0.2, 0.25) is 0 Å². The van der Waals surface area contributed by atoms with Crippen molar-refractivity contribution in [1.82, 2.24) is 4.98 Å². The van der Waals surface area contributed by atoms with Gasteiger partial charge in [-0.15, -0.1) is 0 Å². The molecule has 1 heterocycles. The third kappa shape index (κ3) is 5.09. The highest BCUT2D eigenvalue weighted by molar-refractivity contribution is 7.22. The van der Waals surface area contributed by atoms with Crippen LogP contribution in [0, 0.1) is 13.8 Å². The Bertz CT molecular complexity index is 1180.